The average molecular weight is 608 g/mol. The molecule has 4 aromatic carbocycles. The third-order valence-corrected chi connectivity index (χ3v) is 9.39. The lowest BCUT2D eigenvalue weighted by molar-refractivity contribution is 0.336. The summed E-state index contributed by atoms with van der Waals surface area (Å²) in [5, 5.41) is 19.9. The van der Waals surface area contributed by atoms with Gasteiger partial charge in [-0.2, -0.15) is 0 Å². The number of ether oxygens (including phenoxy) is 3. The summed E-state index contributed by atoms with van der Waals surface area (Å²) in [6, 6.07) is 21.3. The van der Waals surface area contributed by atoms with Gasteiger partial charge in [0.15, 0.2) is 0 Å². The van der Waals surface area contributed by atoms with Crippen molar-refractivity contribution >= 4 is 19.7 Å². The van der Waals surface area contributed by atoms with Crippen LogP contribution in [0, 0.1) is 0 Å². The largest absolute Gasteiger partial charge is 0.507 e. The first-order valence-corrected chi connectivity index (χ1v) is 15.0. The maximum Gasteiger partial charge on any atom is 0.331 e. The lowest BCUT2D eigenvalue weighted by Crippen LogP contribution is -2.03. The van der Waals surface area contributed by atoms with Crippen molar-refractivity contribution in [1.82, 2.24) is 15.0 Å². The van der Waals surface area contributed by atoms with Crippen molar-refractivity contribution in [2.24, 2.45) is 0 Å². The molecule has 0 bridgehead atoms. The molecule has 12 nitrogen and oxygen atoms in total. The van der Waals surface area contributed by atoms with Gasteiger partial charge in [0.1, 0.15) is 32.8 Å². The van der Waals surface area contributed by atoms with Crippen LogP contribution in [0.3, 0.4) is 0 Å². The minimum atomic E-state index is -3.98. The maximum atomic E-state index is 12.9. The van der Waals surface area contributed by atoms with E-state index >= 15 is 0 Å². The number of para-hydroxylation sites is 2. The second kappa shape index (κ2) is 11.3. The molecule has 5 aromatic rings. The smallest absolute Gasteiger partial charge is 0.331 e. The predicted octanol–water partition coefficient (Wildman–Crippen LogP) is 4.54. The van der Waals surface area contributed by atoms with Gasteiger partial charge in [0, 0.05) is 0 Å². The first-order valence-electron chi connectivity index (χ1n) is 12.0. The molecule has 0 atom stereocenters. The van der Waals surface area contributed by atoms with Gasteiger partial charge in [0.05, 0.1) is 16.9 Å². The van der Waals surface area contributed by atoms with Crippen LogP contribution in [0.1, 0.15) is 0 Å². The predicted molar refractivity (Wildman–Crippen MR) is 147 cm³/mol. The summed E-state index contributed by atoms with van der Waals surface area (Å²) in [6.07, 6.45) is 0. The highest BCUT2D eigenvalue weighted by molar-refractivity contribution is 7.92. The van der Waals surface area contributed by atoms with Crippen molar-refractivity contribution in [2.45, 2.75) is 19.6 Å². The van der Waals surface area contributed by atoms with Gasteiger partial charge in [0.2, 0.25) is 19.7 Å². The van der Waals surface area contributed by atoms with Crippen LogP contribution in [0.15, 0.2) is 117 Å². The molecular formula is C28H21N3O9S2. The van der Waals surface area contributed by atoms with E-state index in [2.05, 4.69) is 15.0 Å². The first-order chi connectivity index (χ1) is 20.1. The number of rotatable bonds is 9. The lowest BCUT2D eigenvalue weighted by atomic mass is 10.3. The summed E-state index contributed by atoms with van der Waals surface area (Å²) < 4.78 is 67.9. The van der Waals surface area contributed by atoms with Gasteiger partial charge in [0.25, 0.3) is 0 Å². The zero-order valence-corrected chi connectivity index (χ0v) is 23.3. The van der Waals surface area contributed by atoms with Gasteiger partial charge < -0.3 is 24.4 Å². The summed E-state index contributed by atoms with van der Waals surface area (Å²) in [5.74, 6) is -0.364. The van der Waals surface area contributed by atoms with Gasteiger partial charge in [-0.3, -0.25) is 0 Å². The fourth-order valence-corrected chi connectivity index (χ4v) is 6.41. The Morgan fingerprint density at radius 2 is 0.881 bits per heavy atom. The fraction of sp³-hybridized carbons (Fsp3) is 0.0357. The standard InChI is InChI=1S/C28H21N3O9S2/c1-38-26-29-27(39-18-10-14-20(15-11-18)41(34,35)24-8-4-2-6-22(24)32)31-28(30-26)40-19-12-16-21(17-13-19)42(36,37)25-9-5-3-7-23(25)33/h2-17,32-33H,1H3. The quantitative estimate of drug-likeness (QED) is 0.240. The van der Waals surface area contributed by atoms with Crippen LogP contribution >= 0.6 is 0 Å². The Balaban J connectivity index is 1.34. The van der Waals surface area contributed by atoms with Gasteiger partial charge in [-0.1, -0.05) is 24.3 Å². The molecule has 5 rings (SSSR count). The van der Waals surface area contributed by atoms with E-state index in [4.69, 9.17) is 14.2 Å². The Bertz CT molecular complexity index is 1830. The number of benzene rings is 4. The molecule has 1 heterocycles. The molecule has 0 unspecified atom stereocenters. The van der Waals surface area contributed by atoms with Crippen LogP contribution in [-0.4, -0.2) is 49.1 Å². The number of sulfone groups is 2. The molecule has 0 spiro atoms. The van der Waals surface area contributed by atoms with Crippen molar-refractivity contribution in [3.05, 3.63) is 97.1 Å². The third-order valence-electron chi connectivity index (χ3n) is 5.75. The van der Waals surface area contributed by atoms with Crippen molar-refractivity contribution in [3.8, 4) is 41.0 Å². The van der Waals surface area contributed by atoms with Crippen LogP contribution in [0.2, 0.25) is 0 Å². The first kappa shape index (κ1) is 28.3. The fourth-order valence-electron chi connectivity index (χ4n) is 3.71. The number of aromatic hydroxyl groups is 2. The van der Waals surface area contributed by atoms with E-state index in [1.807, 2.05) is 0 Å². The normalized spacial score (nSPS) is 11.5. The topological polar surface area (TPSA) is 175 Å². The number of nitrogens with zero attached hydrogens (tertiary/aromatic N) is 3. The molecule has 0 aliphatic carbocycles. The van der Waals surface area contributed by atoms with E-state index in [9.17, 15) is 27.0 Å². The molecule has 42 heavy (non-hydrogen) atoms. The Hall–Kier alpha value is -5.21. The molecule has 0 aliphatic heterocycles. The third kappa shape index (κ3) is 5.80. The summed E-state index contributed by atoms with van der Waals surface area (Å²) in [4.78, 5) is 11.5. The van der Waals surface area contributed by atoms with E-state index in [0.29, 0.717) is 0 Å². The lowest BCUT2D eigenvalue weighted by Gasteiger charge is -2.10. The molecule has 1 aromatic heterocycles. The zero-order chi connectivity index (χ0) is 29.9. The maximum absolute atomic E-state index is 12.9. The molecule has 0 saturated carbocycles. The number of phenolic OH excluding ortho intramolecular Hbond substituents is 2. The van der Waals surface area contributed by atoms with Gasteiger partial charge in [-0.05, 0) is 72.8 Å². The average Bonchev–Trinajstić information content (AvgIpc) is 2.98. The van der Waals surface area contributed by atoms with Crippen molar-refractivity contribution < 1.29 is 41.3 Å². The molecule has 214 valence electrons. The van der Waals surface area contributed by atoms with Crippen molar-refractivity contribution in [3.63, 3.8) is 0 Å². The summed E-state index contributed by atoms with van der Waals surface area (Å²) in [6.45, 7) is 0. The monoisotopic (exact) mass is 607 g/mol. The number of phenols is 2. The Labute approximate surface area is 240 Å². The number of aromatic nitrogens is 3. The molecule has 0 aliphatic rings. The highest BCUT2D eigenvalue weighted by Gasteiger charge is 2.22. The van der Waals surface area contributed by atoms with Gasteiger partial charge in [-0.25, -0.2) is 16.8 Å². The molecule has 0 saturated heterocycles. The van der Waals surface area contributed by atoms with Crippen molar-refractivity contribution in [2.75, 3.05) is 7.11 Å². The molecule has 0 radical (unpaired) electrons. The van der Waals surface area contributed by atoms with E-state index in [0.717, 1.165) is 0 Å². The minimum absolute atomic E-state index is 0.0680. The number of methoxy groups -OCH3 is 1. The molecule has 0 amide bonds. The zero-order valence-electron chi connectivity index (χ0n) is 21.6. The highest BCUT2D eigenvalue weighted by Crippen LogP contribution is 2.32. The van der Waals surface area contributed by atoms with Gasteiger partial charge >= 0.3 is 18.0 Å². The summed E-state index contributed by atoms with van der Waals surface area (Å²) >= 11 is 0. The van der Waals surface area contributed by atoms with Crippen LogP contribution < -0.4 is 14.2 Å². The Morgan fingerprint density at radius 3 is 1.24 bits per heavy atom. The number of hydrogen-bond donors (Lipinski definition) is 2. The van der Waals surface area contributed by atoms with Crippen LogP contribution in [0.25, 0.3) is 0 Å². The SMILES string of the molecule is COc1nc(Oc2ccc(S(=O)(=O)c3ccccc3O)cc2)nc(Oc2ccc(S(=O)(=O)c3ccccc3O)cc2)n1. The molecule has 0 fully saturated rings. The van der Waals surface area contributed by atoms with Crippen molar-refractivity contribution in [1.29, 1.82) is 0 Å². The van der Waals surface area contributed by atoms with Crippen LogP contribution in [-0.2, 0) is 19.7 Å². The second-order valence-corrected chi connectivity index (χ2v) is 12.3. The Morgan fingerprint density at radius 1 is 0.524 bits per heavy atom. The second-order valence-electron chi connectivity index (χ2n) is 8.48. The molecule has 14 heteroatoms. The molecular weight excluding hydrogens is 586 g/mol. The van der Waals surface area contributed by atoms with Crippen LogP contribution in [0.5, 0.6) is 41.0 Å². The summed E-state index contributed by atoms with van der Waals surface area (Å²) in [7, 11) is -6.64. The van der Waals surface area contributed by atoms with E-state index < -0.39 is 19.7 Å². The molecule has 2 N–H and O–H groups in total. The highest BCUT2D eigenvalue weighted by atomic mass is 32.2. The van der Waals surface area contributed by atoms with E-state index in [-0.39, 0.29) is 60.6 Å². The van der Waals surface area contributed by atoms with Gasteiger partial charge in [-0.15, -0.1) is 15.0 Å². The number of hydrogen-bond acceptors (Lipinski definition) is 12. The van der Waals surface area contributed by atoms with Crippen LogP contribution in [0.4, 0.5) is 0 Å². The van der Waals surface area contributed by atoms with E-state index in [1.54, 1.807) is 0 Å². The summed E-state index contributed by atoms with van der Waals surface area (Å²) in [5.41, 5.74) is 0. The minimum Gasteiger partial charge on any atom is -0.507 e. The van der Waals surface area contributed by atoms with E-state index in [1.165, 1.54) is 104 Å². The Kier molecular flexibility index (Phi) is 7.65.